The second-order valence-corrected chi connectivity index (χ2v) is 4.74. The summed E-state index contributed by atoms with van der Waals surface area (Å²) in [6.45, 7) is 1.15. The van der Waals surface area contributed by atoms with Crippen LogP contribution < -0.4 is 20.5 Å². The normalized spacial score (nSPS) is 14.9. The molecule has 0 fully saturated rings. The summed E-state index contributed by atoms with van der Waals surface area (Å²) in [5.74, 6) is -0.190. The Morgan fingerprint density at radius 3 is 2.71 bits per heavy atom. The van der Waals surface area contributed by atoms with Crippen LogP contribution >= 0.6 is 0 Å². The summed E-state index contributed by atoms with van der Waals surface area (Å²) in [6, 6.07) is 4.22. The number of hydrogen-bond acceptors (Lipinski definition) is 5. The minimum atomic E-state index is -0.978. The van der Waals surface area contributed by atoms with Gasteiger partial charge in [0.15, 0.2) is 11.5 Å². The zero-order chi connectivity index (χ0) is 15.2. The van der Waals surface area contributed by atoms with Crippen LogP contribution in [0.25, 0.3) is 0 Å². The van der Waals surface area contributed by atoms with Gasteiger partial charge in [0.25, 0.3) is 0 Å². The molecule has 1 aliphatic heterocycles. The number of anilines is 1. The molecule has 0 spiro atoms. The number of nitrogens with two attached hydrogens (primary N) is 1. The molecule has 1 heterocycles. The number of carbonyl (C=O) groups is 2. The Morgan fingerprint density at radius 2 is 2.00 bits per heavy atom. The molecule has 1 unspecified atom stereocenters. The highest BCUT2D eigenvalue weighted by molar-refractivity contribution is 5.95. The molecule has 7 nitrogen and oxygen atoms in total. The van der Waals surface area contributed by atoms with Crippen molar-refractivity contribution >= 4 is 17.6 Å². The molecule has 7 heteroatoms. The largest absolute Gasteiger partial charge is 0.490 e. The molecule has 0 radical (unpaired) electrons. The molecule has 1 aliphatic rings. The van der Waals surface area contributed by atoms with Gasteiger partial charge in [-0.05, 0) is 18.6 Å². The molecule has 1 aromatic rings. The zero-order valence-corrected chi connectivity index (χ0v) is 11.5. The Kier molecular flexibility index (Phi) is 4.99. The van der Waals surface area contributed by atoms with E-state index in [1.807, 2.05) is 0 Å². The topological polar surface area (TPSA) is 111 Å². The first-order valence-corrected chi connectivity index (χ1v) is 6.74. The van der Waals surface area contributed by atoms with E-state index in [4.69, 9.17) is 20.3 Å². The lowest BCUT2D eigenvalue weighted by Crippen LogP contribution is -2.36. The number of carbonyl (C=O) groups excluding carboxylic acids is 1. The van der Waals surface area contributed by atoms with E-state index in [-0.39, 0.29) is 12.8 Å². The number of fused-ring (bicyclic) bond motifs is 1. The highest BCUT2D eigenvalue weighted by Gasteiger charge is 2.16. The van der Waals surface area contributed by atoms with Crippen molar-refractivity contribution in [3.8, 4) is 11.5 Å². The zero-order valence-electron chi connectivity index (χ0n) is 11.5. The number of carboxylic acid groups (broad SMARTS) is 1. The first-order valence-electron chi connectivity index (χ1n) is 6.74. The number of carboxylic acids is 1. The number of hydrogen-bond donors (Lipinski definition) is 3. The maximum Gasteiger partial charge on any atom is 0.303 e. The second-order valence-electron chi connectivity index (χ2n) is 4.74. The highest BCUT2D eigenvalue weighted by Crippen LogP contribution is 2.32. The van der Waals surface area contributed by atoms with Crippen molar-refractivity contribution in [2.45, 2.75) is 25.3 Å². The Labute approximate surface area is 122 Å². The minimum Gasteiger partial charge on any atom is -0.490 e. The molecule has 114 valence electrons. The fourth-order valence-corrected chi connectivity index (χ4v) is 1.89. The van der Waals surface area contributed by atoms with Crippen LogP contribution in [0.4, 0.5) is 5.69 Å². The molecule has 1 amide bonds. The molecule has 21 heavy (non-hydrogen) atoms. The minimum absolute atomic E-state index is 0.0890. The molecule has 0 saturated heterocycles. The summed E-state index contributed by atoms with van der Waals surface area (Å²) in [5, 5.41) is 11.2. The van der Waals surface area contributed by atoms with Crippen molar-refractivity contribution in [2.75, 3.05) is 18.5 Å². The summed E-state index contributed by atoms with van der Waals surface area (Å²) in [7, 11) is 0. The molecule has 1 aromatic carbocycles. The molecule has 0 aliphatic carbocycles. The summed E-state index contributed by atoms with van der Waals surface area (Å²) < 4.78 is 11.0. The molecular weight excluding hydrogens is 276 g/mol. The van der Waals surface area contributed by atoms with Crippen LogP contribution in [-0.4, -0.2) is 36.2 Å². The van der Waals surface area contributed by atoms with Crippen molar-refractivity contribution < 1.29 is 24.2 Å². The molecule has 0 bridgehead atoms. The predicted molar refractivity (Wildman–Crippen MR) is 75.5 cm³/mol. The van der Waals surface area contributed by atoms with Crippen molar-refractivity contribution in [3.63, 3.8) is 0 Å². The van der Waals surface area contributed by atoms with Crippen LogP contribution in [0.15, 0.2) is 18.2 Å². The van der Waals surface area contributed by atoms with Crippen LogP contribution in [0.2, 0.25) is 0 Å². The number of rotatable bonds is 5. The molecule has 0 aromatic heterocycles. The Morgan fingerprint density at radius 1 is 1.29 bits per heavy atom. The van der Waals surface area contributed by atoms with Crippen LogP contribution in [0.5, 0.6) is 11.5 Å². The monoisotopic (exact) mass is 294 g/mol. The van der Waals surface area contributed by atoms with Gasteiger partial charge >= 0.3 is 5.97 Å². The van der Waals surface area contributed by atoms with E-state index in [0.717, 1.165) is 6.42 Å². The average molecular weight is 294 g/mol. The molecule has 4 N–H and O–H groups in total. The SMILES string of the molecule is NC(CCC(=O)O)C(=O)Nc1ccc2c(c1)OCCCO2. The number of ether oxygens (including phenoxy) is 2. The Bertz CT molecular complexity index is 532. The lowest BCUT2D eigenvalue weighted by atomic mass is 10.1. The van der Waals surface area contributed by atoms with Crippen molar-refractivity contribution in [2.24, 2.45) is 5.73 Å². The van der Waals surface area contributed by atoms with Crippen LogP contribution in [0.1, 0.15) is 19.3 Å². The number of benzene rings is 1. The summed E-state index contributed by atoms with van der Waals surface area (Å²) >= 11 is 0. The van der Waals surface area contributed by atoms with E-state index < -0.39 is 17.9 Å². The maximum absolute atomic E-state index is 11.9. The smallest absolute Gasteiger partial charge is 0.303 e. The Hall–Kier alpha value is -2.28. The third kappa shape index (κ3) is 4.35. The fraction of sp³-hybridized carbons (Fsp3) is 0.429. The molecule has 0 saturated carbocycles. The highest BCUT2D eigenvalue weighted by atomic mass is 16.5. The van der Waals surface area contributed by atoms with E-state index in [9.17, 15) is 9.59 Å². The van der Waals surface area contributed by atoms with Gasteiger partial charge in [-0.1, -0.05) is 0 Å². The summed E-state index contributed by atoms with van der Waals surface area (Å²) in [4.78, 5) is 22.3. The third-order valence-electron chi connectivity index (χ3n) is 3.02. The third-order valence-corrected chi connectivity index (χ3v) is 3.02. The van der Waals surface area contributed by atoms with Gasteiger partial charge in [0.1, 0.15) is 0 Å². The average Bonchev–Trinajstić information content (AvgIpc) is 2.69. The van der Waals surface area contributed by atoms with Crippen molar-refractivity contribution in [3.05, 3.63) is 18.2 Å². The summed E-state index contributed by atoms with van der Waals surface area (Å²) in [6.07, 6.45) is 0.748. The Balaban J connectivity index is 1.97. The molecule has 1 atom stereocenters. The molecule has 2 rings (SSSR count). The molecular formula is C14H18N2O5. The van der Waals surface area contributed by atoms with Gasteiger partial charge in [0.2, 0.25) is 5.91 Å². The van der Waals surface area contributed by atoms with Gasteiger partial charge in [-0.3, -0.25) is 9.59 Å². The summed E-state index contributed by atoms with van der Waals surface area (Å²) in [5.41, 5.74) is 6.18. The lowest BCUT2D eigenvalue weighted by molar-refractivity contribution is -0.137. The van der Waals surface area contributed by atoms with Crippen molar-refractivity contribution in [1.29, 1.82) is 0 Å². The van der Waals surface area contributed by atoms with Gasteiger partial charge in [0, 0.05) is 24.6 Å². The van der Waals surface area contributed by atoms with E-state index >= 15 is 0 Å². The number of nitrogens with one attached hydrogen (secondary N) is 1. The first kappa shape index (κ1) is 15.1. The van der Waals surface area contributed by atoms with E-state index in [0.29, 0.717) is 30.4 Å². The first-order chi connectivity index (χ1) is 10.1. The van der Waals surface area contributed by atoms with Gasteiger partial charge in [-0.2, -0.15) is 0 Å². The van der Waals surface area contributed by atoms with Crippen molar-refractivity contribution in [1.82, 2.24) is 0 Å². The van der Waals surface area contributed by atoms with Gasteiger partial charge < -0.3 is 25.6 Å². The maximum atomic E-state index is 11.9. The lowest BCUT2D eigenvalue weighted by Gasteiger charge is -2.13. The van der Waals surface area contributed by atoms with Crippen LogP contribution in [0.3, 0.4) is 0 Å². The van der Waals surface area contributed by atoms with Crippen LogP contribution in [-0.2, 0) is 9.59 Å². The van der Waals surface area contributed by atoms with Gasteiger partial charge in [-0.25, -0.2) is 0 Å². The van der Waals surface area contributed by atoms with E-state index in [2.05, 4.69) is 5.32 Å². The van der Waals surface area contributed by atoms with E-state index in [1.54, 1.807) is 18.2 Å². The number of amides is 1. The van der Waals surface area contributed by atoms with E-state index in [1.165, 1.54) is 0 Å². The predicted octanol–water partition coefficient (Wildman–Crippen LogP) is 0.978. The van der Waals surface area contributed by atoms with Crippen LogP contribution in [0, 0.1) is 0 Å². The van der Waals surface area contributed by atoms with Gasteiger partial charge in [-0.15, -0.1) is 0 Å². The number of aliphatic carboxylic acids is 1. The quantitative estimate of drug-likeness (QED) is 0.746. The van der Waals surface area contributed by atoms with Gasteiger partial charge in [0.05, 0.1) is 19.3 Å². The fourth-order valence-electron chi connectivity index (χ4n) is 1.89. The standard InChI is InChI=1S/C14H18N2O5/c15-10(3-5-13(17)18)14(19)16-9-2-4-11-12(8-9)21-7-1-6-20-11/h2,4,8,10H,1,3,5-7,15H2,(H,16,19)(H,17,18). The second kappa shape index (κ2) is 6.94.